The third-order valence-corrected chi connectivity index (χ3v) is 5.85. The van der Waals surface area contributed by atoms with Crippen LogP contribution in [-0.4, -0.2) is 20.4 Å². The van der Waals surface area contributed by atoms with Crippen molar-refractivity contribution in [2.45, 2.75) is 10.5 Å². The predicted molar refractivity (Wildman–Crippen MR) is 92.3 cm³/mol. The minimum atomic E-state index is -4.81. The minimum absolute atomic E-state index is 0.150. The fourth-order valence-corrected chi connectivity index (χ4v) is 4.17. The maximum atomic E-state index is 13.0. The van der Waals surface area contributed by atoms with Crippen LogP contribution in [0.2, 0.25) is 5.02 Å². The molecule has 0 unspecified atom stereocenters. The van der Waals surface area contributed by atoms with E-state index in [0.29, 0.717) is 34.8 Å². The number of hydrogen-bond donors (Lipinski definition) is 0. The van der Waals surface area contributed by atoms with Crippen LogP contribution in [-0.2, 0) is 13.2 Å². The van der Waals surface area contributed by atoms with Gasteiger partial charge in [0.05, 0.1) is 15.4 Å². The summed E-state index contributed by atoms with van der Waals surface area (Å²) in [7, 11) is 0.966. The maximum Gasteiger partial charge on any atom is 0.431 e. The molecule has 0 aliphatic heterocycles. The van der Waals surface area contributed by atoms with Crippen molar-refractivity contribution in [3.63, 3.8) is 0 Å². The zero-order chi connectivity index (χ0) is 18.5. The molecular formula is C14H9ClF3N3O2S2. The molecule has 0 spiro atoms. The molecule has 2 heterocycles. The van der Waals surface area contributed by atoms with Gasteiger partial charge in [-0.15, -0.1) is 11.3 Å². The number of rotatable bonds is 2. The van der Waals surface area contributed by atoms with Gasteiger partial charge in [0, 0.05) is 13.1 Å². The predicted octanol–water partition coefficient (Wildman–Crippen LogP) is 3.54. The molecule has 2 aromatic heterocycles. The topological polar surface area (TPSA) is 56.9 Å². The van der Waals surface area contributed by atoms with Gasteiger partial charge in [0.2, 0.25) is 0 Å². The van der Waals surface area contributed by atoms with Crippen LogP contribution < -0.4 is 11.2 Å². The van der Waals surface area contributed by atoms with E-state index >= 15 is 0 Å². The molecule has 0 saturated heterocycles. The first-order chi connectivity index (χ1) is 11.6. The van der Waals surface area contributed by atoms with Gasteiger partial charge in [0.15, 0.2) is 4.34 Å². The SMILES string of the molecule is CSc1nc2c(Cl)ccc(-n3c(=O)cc(C(F)(F)F)n(C)c3=O)c2s1. The molecule has 132 valence electrons. The summed E-state index contributed by atoms with van der Waals surface area (Å²) in [6.45, 7) is 0. The monoisotopic (exact) mass is 407 g/mol. The average molecular weight is 408 g/mol. The van der Waals surface area contributed by atoms with Crippen molar-refractivity contribution in [3.05, 3.63) is 49.8 Å². The summed E-state index contributed by atoms with van der Waals surface area (Å²) in [6, 6.07) is 3.27. The van der Waals surface area contributed by atoms with E-state index in [1.807, 2.05) is 0 Å². The molecule has 0 aliphatic carbocycles. The number of thioether (sulfide) groups is 1. The van der Waals surface area contributed by atoms with Crippen molar-refractivity contribution in [1.82, 2.24) is 14.1 Å². The molecule has 0 saturated carbocycles. The van der Waals surface area contributed by atoms with Gasteiger partial charge in [0.25, 0.3) is 5.56 Å². The van der Waals surface area contributed by atoms with Crippen molar-refractivity contribution >= 4 is 44.9 Å². The molecule has 5 nitrogen and oxygen atoms in total. The summed E-state index contributed by atoms with van der Waals surface area (Å²) < 4.78 is 41.1. The highest BCUT2D eigenvalue weighted by molar-refractivity contribution is 8.00. The number of aromatic nitrogens is 3. The lowest BCUT2D eigenvalue weighted by Crippen LogP contribution is -2.40. The second kappa shape index (κ2) is 6.19. The first-order valence-corrected chi connectivity index (χ1v) is 9.10. The van der Waals surface area contributed by atoms with Gasteiger partial charge in [-0.25, -0.2) is 14.3 Å². The van der Waals surface area contributed by atoms with Crippen molar-refractivity contribution < 1.29 is 13.2 Å². The van der Waals surface area contributed by atoms with E-state index in [1.165, 1.54) is 35.2 Å². The Labute approximate surface area is 151 Å². The fourth-order valence-electron chi connectivity index (χ4n) is 2.33. The molecule has 0 N–H and O–H groups in total. The van der Waals surface area contributed by atoms with E-state index in [4.69, 9.17) is 11.6 Å². The smallest absolute Gasteiger partial charge is 0.292 e. The Balaban J connectivity index is 2.39. The summed E-state index contributed by atoms with van der Waals surface area (Å²) in [5.74, 6) is 0. The number of thiazole rings is 1. The standard InChI is InChI=1S/C14H9ClF3N3O2S2/c1-20-8(14(16,17)18)5-9(22)21(13(20)23)7-4-3-6(15)10-11(7)25-12(19-10)24-2/h3-5H,1-2H3. The Morgan fingerprint density at radius 2 is 1.96 bits per heavy atom. The second-order valence-electron chi connectivity index (χ2n) is 4.97. The third kappa shape index (κ3) is 2.98. The van der Waals surface area contributed by atoms with Gasteiger partial charge in [-0.1, -0.05) is 23.4 Å². The fraction of sp³-hybridized carbons (Fsp3) is 0.214. The van der Waals surface area contributed by atoms with E-state index in [0.717, 1.165) is 7.05 Å². The summed E-state index contributed by atoms with van der Waals surface area (Å²) in [4.78, 5) is 29.0. The van der Waals surface area contributed by atoms with E-state index < -0.39 is 23.1 Å². The highest BCUT2D eigenvalue weighted by Crippen LogP contribution is 2.35. The third-order valence-electron chi connectivity index (χ3n) is 3.48. The van der Waals surface area contributed by atoms with Gasteiger partial charge >= 0.3 is 11.9 Å². The number of nitrogens with zero attached hydrogens (tertiary/aromatic N) is 3. The lowest BCUT2D eigenvalue weighted by molar-refractivity contribution is -0.144. The molecule has 3 rings (SSSR count). The molecule has 0 bridgehead atoms. The largest absolute Gasteiger partial charge is 0.431 e. The molecule has 0 amide bonds. The lowest BCUT2D eigenvalue weighted by atomic mass is 10.3. The second-order valence-corrected chi connectivity index (χ2v) is 7.43. The Hall–Kier alpha value is -1.78. The number of fused-ring (bicyclic) bond motifs is 1. The Morgan fingerprint density at radius 1 is 1.28 bits per heavy atom. The molecular weight excluding hydrogens is 399 g/mol. The zero-order valence-electron chi connectivity index (χ0n) is 12.7. The van der Waals surface area contributed by atoms with Crippen LogP contribution in [0.3, 0.4) is 0 Å². The summed E-state index contributed by atoms with van der Waals surface area (Å²) in [5.41, 5.74) is -2.93. The average Bonchev–Trinajstić information content (AvgIpc) is 2.97. The minimum Gasteiger partial charge on any atom is -0.292 e. The van der Waals surface area contributed by atoms with Gasteiger partial charge in [0.1, 0.15) is 11.2 Å². The summed E-state index contributed by atoms with van der Waals surface area (Å²) >= 11 is 8.66. The Kier molecular flexibility index (Phi) is 4.46. The maximum absolute atomic E-state index is 13.0. The molecule has 3 aromatic rings. The first-order valence-electron chi connectivity index (χ1n) is 6.69. The molecule has 0 fully saturated rings. The zero-order valence-corrected chi connectivity index (χ0v) is 15.1. The van der Waals surface area contributed by atoms with Crippen LogP contribution in [0, 0.1) is 0 Å². The van der Waals surface area contributed by atoms with Crippen LogP contribution >= 0.6 is 34.7 Å². The van der Waals surface area contributed by atoms with E-state index in [1.54, 1.807) is 6.26 Å². The van der Waals surface area contributed by atoms with E-state index in [2.05, 4.69) is 4.98 Å². The van der Waals surface area contributed by atoms with Crippen molar-refractivity contribution in [3.8, 4) is 5.69 Å². The Morgan fingerprint density at radius 3 is 2.56 bits per heavy atom. The molecule has 25 heavy (non-hydrogen) atoms. The van der Waals surface area contributed by atoms with Crippen LogP contribution in [0.1, 0.15) is 5.69 Å². The van der Waals surface area contributed by atoms with Crippen LogP contribution in [0.25, 0.3) is 15.9 Å². The quantitative estimate of drug-likeness (QED) is 0.610. The number of hydrogen-bond acceptors (Lipinski definition) is 5. The molecule has 0 radical (unpaired) electrons. The van der Waals surface area contributed by atoms with Crippen molar-refractivity contribution in [1.29, 1.82) is 0 Å². The number of alkyl halides is 3. The molecule has 0 atom stereocenters. The van der Waals surface area contributed by atoms with Crippen molar-refractivity contribution in [2.24, 2.45) is 7.05 Å². The Bertz CT molecular complexity index is 1100. The van der Waals surface area contributed by atoms with E-state index in [-0.39, 0.29) is 5.69 Å². The number of benzene rings is 1. The van der Waals surface area contributed by atoms with Gasteiger partial charge in [-0.2, -0.15) is 13.2 Å². The molecule has 0 aliphatic rings. The van der Waals surface area contributed by atoms with Gasteiger partial charge in [-0.05, 0) is 18.4 Å². The van der Waals surface area contributed by atoms with Crippen LogP contribution in [0.5, 0.6) is 0 Å². The number of halogens is 4. The molecule has 1 aromatic carbocycles. The normalized spacial score (nSPS) is 12.1. The van der Waals surface area contributed by atoms with E-state index in [9.17, 15) is 22.8 Å². The van der Waals surface area contributed by atoms with Gasteiger partial charge in [-0.3, -0.25) is 9.36 Å². The highest BCUT2D eigenvalue weighted by atomic mass is 35.5. The summed E-state index contributed by atoms with van der Waals surface area (Å²) in [5, 5.41) is 0.326. The van der Waals surface area contributed by atoms with Crippen LogP contribution in [0.4, 0.5) is 13.2 Å². The molecule has 11 heteroatoms. The van der Waals surface area contributed by atoms with Crippen molar-refractivity contribution in [2.75, 3.05) is 6.26 Å². The summed E-state index contributed by atoms with van der Waals surface area (Å²) in [6.07, 6.45) is -3.01. The van der Waals surface area contributed by atoms with Gasteiger partial charge < -0.3 is 0 Å². The lowest BCUT2D eigenvalue weighted by Gasteiger charge is -2.14. The van der Waals surface area contributed by atoms with Crippen LogP contribution in [0.15, 0.2) is 32.1 Å². The first kappa shape index (κ1) is 18.0. The highest BCUT2D eigenvalue weighted by Gasteiger charge is 2.35.